The molecule has 2 rings (SSSR count). The maximum atomic E-state index is 11.1. The van der Waals surface area contributed by atoms with Crippen LogP contribution in [0.4, 0.5) is 5.95 Å². The molecule has 1 aromatic carbocycles. The molecule has 0 radical (unpaired) electrons. The first-order chi connectivity index (χ1) is 8.08. The highest BCUT2D eigenvalue weighted by atomic mass is 16.3. The summed E-state index contributed by atoms with van der Waals surface area (Å²) in [6.45, 7) is 0. The number of nitrogen functional groups attached to an aromatic ring is 1. The zero-order chi connectivity index (χ0) is 12.4. The van der Waals surface area contributed by atoms with Gasteiger partial charge >= 0.3 is 5.69 Å². The highest BCUT2D eigenvalue weighted by Crippen LogP contribution is 2.23. The molecule has 0 amide bonds. The highest BCUT2D eigenvalue weighted by molar-refractivity contribution is 5.80. The molecule has 0 aliphatic heterocycles. The van der Waals surface area contributed by atoms with Crippen molar-refractivity contribution in [2.75, 3.05) is 5.73 Å². The summed E-state index contributed by atoms with van der Waals surface area (Å²) in [6, 6.07) is 4.11. The molecule has 17 heavy (non-hydrogen) atoms. The van der Waals surface area contributed by atoms with E-state index in [0.717, 1.165) is 4.68 Å². The van der Waals surface area contributed by atoms with Crippen LogP contribution in [0.3, 0.4) is 0 Å². The van der Waals surface area contributed by atoms with Crippen molar-refractivity contribution in [3.05, 3.63) is 34.2 Å². The molecule has 0 atom stereocenters. The maximum Gasteiger partial charge on any atom is 0.365 e. The summed E-state index contributed by atoms with van der Waals surface area (Å²) in [7, 11) is 0. The molecule has 8 heteroatoms. The monoisotopic (exact) mass is 235 g/mol. The quantitative estimate of drug-likeness (QED) is 0.409. The van der Waals surface area contributed by atoms with Crippen molar-refractivity contribution in [3.63, 3.8) is 0 Å². The molecular weight excluding hydrogens is 226 g/mol. The fourth-order valence-electron chi connectivity index (χ4n) is 1.16. The van der Waals surface area contributed by atoms with Gasteiger partial charge in [-0.25, -0.2) is 9.89 Å². The molecule has 0 saturated carbocycles. The lowest BCUT2D eigenvalue weighted by Gasteiger charge is -1.98. The fourth-order valence-corrected chi connectivity index (χ4v) is 1.16. The molecule has 1 heterocycles. The van der Waals surface area contributed by atoms with Crippen LogP contribution in [0.1, 0.15) is 5.56 Å². The van der Waals surface area contributed by atoms with Gasteiger partial charge in [-0.15, -0.1) is 9.77 Å². The van der Waals surface area contributed by atoms with Gasteiger partial charge in [-0.2, -0.15) is 5.10 Å². The number of benzene rings is 1. The normalized spacial score (nSPS) is 11.1. The number of nitrogens with one attached hydrogen (secondary N) is 1. The molecule has 0 spiro atoms. The molecule has 0 saturated heterocycles. The van der Waals surface area contributed by atoms with Gasteiger partial charge < -0.3 is 15.9 Å². The summed E-state index contributed by atoms with van der Waals surface area (Å²) in [5, 5.41) is 27.7. The lowest BCUT2D eigenvalue weighted by Crippen LogP contribution is -2.14. The Kier molecular flexibility index (Phi) is 2.53. The number of phenols is 2. The third-order valence-electron chi connectivity index (χ3n) is 2.00. The lowest BCUT2D eigenvalue weighted by molar-refractivity contribution is 0.403. The van der Waals surface area contributed by atoms with Crippen LogP contribution in [0, 0.1) is 0 Å². The van der Waals surface area contributed by atoms with Crippen LogP contribution < -0.4 is 11.4 Å². The van der Waals surface area contributed by atoms with E-state index in [1.54, 1.807) is 0 Å². The number of aromatic nitrogens is 3. The van der Waals surface area contributed by atoms with E-state index in [2.05, 4.69) is 15.3 Å². The molecular formula is C9H9N5O3. The van der Waals surface area contributed by atoms with Crippen molar-refractivity contribution in [1.82, 2.24) is 14.9 Å². The summed E-state index contributed by atoms with van der Waals surface area (Å²) in [4.78, 5) is 11.1. The minimum atomic E-state index is -0.568. The number of anilines is 1. The molecule has 0 aliphatic carbocycles. The van der Waals surface area contributed by atoms with E-state index in [9.17, 15) is 9.90 Å². The van der Waals surface area contributed by atoms with E-state index in [0.29, 0.717) is 5.56 Å². The minimum absolute atomic E-state index is 0.0748. The predicted molar refractivity (Wildman–Crippen MR) is 60.0 cm³/mol. The van der Waals surface area contributed by atoms with Crippen molar-refractivity contribution in [2.24, 2.45) is 5.10 Å². The van der Waals surface area contributed by atoms with Gasteiger partial charge in [0.15, 0.2) is 11.5 Å². The lowest BCUT2D eigenvalue weighted by atomic mass is 10.2. The Morgan fingerprint density at radius 2 is 2.18 bits per heavy atom. The van der Waals surface area contributed by atoms with Gasteiger partial charge in [0.2, 0.25) is 5.95 Å². The topological polar surface area (TPSA) is 130 Å². The average molecular weight is 235 g/mol. The summed E-state index contributed by atoms with van der Waals surface area (Å²) in [5.41, 5.74) is 5.30. The molecule has 0 unspecified atom stereocenters. The first kappa shape index (κ1) is 10.7. The van der Waals surface area contributed by atoms with Crippen LogP contribution in [0.25, 0.3) is 0 Å². The second-order valence-electron chi connectivity index (χ2n) is 3.19. The Hall–Kier alpha value is -2.77. The number of nitrogens with zero attached hydrogens (tertiary/aromatic N) is 3. The van der Waals surface area contributed by atoms with E-state index >= 15 is 0 Å². The summed E-state index contributed by atoms with van der Waals surface area (Å²) in [5.74, 6) is -0.585. The largest absolute Gasteiger partial charge is 0.504 e. The van der Waals surface area contributed by atoms with Crippen molar-refractivity contribution in [3.8, 4) is 11.5 Å². The van der Waals surface area contributed by atoms with Gasteiger partial charge in [0.05, 0.1) is 6.21 Å². The van der Waals surface area contributed by atoms with Crippen molar-refractivity contribution in [2.45, 2.75) is 0 Å². The summed E-state index contributed by atoms with van der Waals surface area (Å²) >= 11 is 0. The zero-order valence-corrected chi connectivity index (χ0v) is 8.53. The van der Waals surface area contributed by atoms with Crippen LogP contribution in [0.2, 0.25) is 0 Å². The van der Waals surface area contributed by atoms with Crippen molar-refractivity contribution < 1.29 is 10.2 Å². The van der Waals surface area contributed by atoms with Crippen LogP contribution in [-0.2, 0) is 0 Å². The van der Waals surface area contributed by atoms with Gasteiger partial charge in [-0.3, -0.25) is 0 Å². The first-order valence-corrected chi connectivity index (χ1v) is 4.57. The first-order valence-electron chi connectivity index (χ1n) is 4.57. The number of nitrogens with two attached hydrogens (primary N) is 1. The Labute approximate surface area is 94.6 Å². The number of phenolic OH excluding ortho intramolecular Hbond substituents is 2. The molecule has 1 aromatic heterocycles. The van der Waals surface area contributed by atoms with Crippen molar-refractivity contribution >= 4 is 12.2 Å². The van der Waals surface area contributed by atoms with E-state index in [4.69, 9.17) is 10.8 Å². The van der Waals surface area contributed by atoms with Gasteiger partial charge in [-0.1, -0.05) is 0 Å². The number of aromatic hydroxyl groups is 2. The van der Waals surface area contributed by atoms with Gasteiger partial charge in [0, 0.05) is 0 Å². The predicted octanol–water partition coefficient (Wildman–Crippen LogP) is -0.553. The smallest absolute Gasteiger partial charge is 0.365 e. The third-order valence-corrected chi connectivity index (χ3v) is 2.00. The molecule has 8 nitrogen and oxygen atoms in total. The van der Waals surface area contributed by atoms with Gasteiger partial charge in [-0.05, 0) is 23.8 Å². The van der Waals surface area contributed by atoms with E-state index in [1.807, 2.05) is 0 Å². The minimum Gasteiger partial charge on any atom is -0.504 e. The number of aromatic amines is 1. The Morgan fingerprint density at radius 1 is 1.41 bits per heavy atom. The molecule has 0 fully saturated rings. The number of rotatable bonds is 2. The second kappa shape index (κ2) is 4.00. The number of hydrogen-bond acceptors (Lipinski definition) is 6. The van der Waals surface area contributed by atoms with Crippen LogP contribution >= 0.6 is 0 Å². The van der Waals surface area contributed by atoms with Crippen molar-refractivity contribution in [1.29, 1.82) is 0 Å². The fraction of sp³-hybridized carbons (Fsp3) is 0. The van der Waals surface area contributed by atoms with E-state index < -0.39 is 5.69 Å². The number of hydrogen-bond donors (Lipinski definition) is 4. The summed E-state index contributed by atoms with van der Waals surface area (Å²) in [6.07, 6.45) is 1.30. The SMILES string of the molecule is Nc1n[nH]c(=O)n1/N=C/c1ccc(O)c(O)c1. The number of H-pyrrole nitrogens is 1. The maximum absolute atomic E-state index is 11.1. The van der Waals surface area contributed by atoms with Gasteiger partial charge in [0.1, 0.15) is 0 Å². The molecule has 2 aromatic rings. The second-order valence-corrected chi connectivity index (χ2v) is 3.19. The molecule has 0 bridgehead atoms. The van der Waals surface area contributed by atoms with Crippen LogP contribution in [-0.4, -0.2) is 31.3 Å². The Bertz CT molecular complexity index is 628. The third kappa shape index (κ3) is 2.09. The van der Waals surface area contributed by atoms with Crippen LogP contribution in [0.5, 0.6) is 11.5 Å². The standard InChI is InChI=1S/C9H9N5O3/c10-8-12-13-9(17)14(8)11-4-5-1-2-6(15)7(16)3-5/h1-4,15-16H,(H2,10,12)(H,13,17)/b11-4+. The Morgan fingerprint density at radius 3 is 2.76 bits per heavy atom. The van der Waals surface area contributed by atoms with E-state index in [1.165, 1.54) is 24.4 Å². The highest BCUT2D eigenvalue weighted by Gasteiger charge is 2.02. The summed E-state index contributed by atoms with van der Waals surface area (Å²) < 4.78 is 0.865. The average Bonchev–Trinajstić information content (AvgIpc) is 2.61. The van der Waals surface area contributed by atoms with Gasteiger partial charge in [0.25, 0.3) is 0 Å². The zero-order valence-electron chi connectivity index (χ0n) is 8.53. The van der Waals surface area contributed by atoms with E-state index in [-0.39, 0.29) is 17.4 Å². The van der Waals surface area contributed by atoms with Crippen LogP contribution in [0.15, 0.2) is 28.1 Å². The molecule has 5 N–H and O–H groups in total. The molecule has 88 valence electrons. The molecule has 0 aliphatic rings. The Balaban J connectivity index is 2.32.